The molecule has 0 fully saturated rings. The lowest BCUT2D eigenvalue weighted by Gasteiger charge is -1.95. The van der Waals surface area contributed by atoms with Gasteiger partial charge in [-0.3, -0.25) is 15.2 Å². The maximum absolute atomic E-state index is 10.6. The SMILES string of the molecule is O=[N+]([O-])c1ccc(-c2nc(-c3ccnnc3)n[nH]2)cc1. The number of hydrogen-bond acceptors (Lipinski definition) is 6. The molecule has 0 aliphatic carbocycles. The number of aromatic nitrogens is 5. The van der Waals surface area contributed by atoms with Crippen LogP contribution in [0.1, 0.15) is 0 Å². The second kappa shape index (κ2) is 4.84. The molecule has 3 aromatic rings. The minimum absolute atomic E-state index is 0.0341. The first-order valence-electron chi connectivity index (χ1n) is 5.68. The molecule has 3 rings (SSSR count). The summed E-state index contributed by atoms with van der Waals surface area (Å²) in [6.45, 7) is 0. The van der Waals surface area contributed by atoms with Gasteiger partial charge in [0.15, 0.2) is 11.6 Å². The van der Waals surface area contributed by atoms with Crippen molar-refractivity contribution in [3.63, 3.8) is 0 Å². The lowest BCUT2D eigenvalue weighted by Crippen LogP contribution is -1.88. The maximum Gasteiger partial charge on any atom is 0.269 e. The zero-order valence-electron chi connectivity index (χ0n) is 10.1. The molecule has 0 saturated carbocycles. The van der Waals surface area contributed by atoms with Crippen LogP contribution in [0.3, 0.4) is 0 Å². The van der Waals surface area contributed by atoms with E-state index >= 15 is 0 Å². The first-order valence-corrected chi connectivity index (χ1v) is 5.68. The zero-order valence-corrected chi connectivity index (χ0v) is 10.1. The van der Waals surface area contributed by atoms with Gasteiger partial charge in [-0.1, -0.05) is 0 Å². The maximum atomic E-state index is 10.6. The van der Waals surface area contributed by atoms with Gasteiger partial charge in [-0.15, -0.1) is 0 Å². The predicted octanol–water partition coefficient (Wildman–Crippen LogP) is 1.84. The van der Waals surface area contributed by atoms with E-state index in [4.69, 9.17) is 0 Å². The average molecular weight is 268 g/mol. The van der Waals surface area contributed by atoms with Crippen molar-refractivity contribution >= 4 is 5.69 Å². The molecule has 0 unspecified atom stereocenters. The zero-order chi connectivity index (χ0) is 13.9. The van der Waals surface area contributed by atoms with Crippen LogP contribution in [-0.4, -0.2) is 30.3 Å². The van der Waals surface area contributed by atoms with E-state index in [0.29, 0.717) is 11.6 Å². The van der Waals surface area contributed by atoms with E-state index in [1.807, 2.05) is 0 Å². The van der Waals surface area contributed by atoms with E-state index in [-0.39, 0.29) is 5.69 Å². The molecule has 0 atom stereocenters. The van der Waals surface area contributed by atoms with Gasteiger partial charge in [0.25, 0.3) is 5.69 Å². The number of hydrogen-bond donors (Lipinski definition) is 1. The molecule has 8 nitrogen and oxygen atoms in total. The van der Waals surface area contributed by atoms with Crippen LogP contribution in [0.2, 0.25) is 0 Å². The predicted molar refractivity (Wildman–Crippen MR) is 69.5 cm³/mol. The third-order valence-corrected chi connectivity index (χ3v) is 2.68. The van der Waals surface area contributed by atoms with Gasteiger partial charge in [0.2, 0.25) is 0 Å². The quantitative estimate of drug-likeness (QED) is 0.573. The standard InChI is InChI=1S/C12H8N6O2/c19-18(20)10-3-1-8(2-4-10)11-15-12(17-16-11)9-5-6-13-14-7-9/h1-7H,(H,15,16,17). The van der Waals surface area contributed by atoms with Crippen LogP contribution in [0.15, 0.2) is 42.7 Å². The molecule has 98 valence electrons. The molecular weight excluding hydrogens is 260 g/mol. The van der Waals surface area contributed by atoms with Crippen LogP contribution in [0, 0.1) is 10.1 Å². The molecule has 0 radical (unpaired) electrons. The first-order chi connectivity index (χ1) is 9.74. The van der Waals surface area contributed by atoms with Crippen LogP contribution in [0.5, 0.6) is 0 Å². The number of aromatic amines is 1. The van der Waals surface area contributed by atoms with Gasteiger partial charge >= 0.3 is 0 Å². The van der Waals surface area contributed by atoms with Gasteiger partial charge in [0.05, 0.1) is 17.3 Å². The molecule has 20 heavy (non-hydrogen) atoms. The van der Waals surface area contributed by atoms with Crippen molar-refractivity contribution in [2.75, 3.05) is 0 Å². The lowest BCUT2D eigenvalue weighted by molar-refractivity contribution is -0.384. The molecule has 0 aliphatic heterocycles. The normalized spacial score (nSPS) is 10.4. The van der Waals surface area contributed by atoms with Crippen LogP contribution in [-0.2, 0) is 0 Å². The Morgan fingerprint density at radius 1 is 1.05 bits per heavy atom. The van der Waals surface area contributed by atoms with Crippen LogP contribution in [0.25, 0.3) is 22.8 Å². The van der Waals surface area contributed by atoms with E-state index in [1.54, 1.807) is 30.6 Å². The Hall–Kier alpha value is -3.16. The van der Waals surface area contributed by atoms with Crippen molar-refractivity contribution in [2.24, 2.45) is 0 Å². The number of nitro groups is 1. The number of non-ortho nitro benzene ring substituents is 1. The van der Waals surface area contributed by atoms with E-state index in [0.717, 1.165) is 11.1 Å². The molecule has 2 heterocycles. The van der Waals surface area contributed by atoms with Crippen molar-refractivity contribution in [1.82, 2.24) is 25.4 Å². The molecule has 8 heteroatoms. The Kier molecular flexibility index (Phi) is 2.88. The number of nitrogens with one attached hydrogen (secondary N) is 1. The number of nitro benzene ring substituents is 1. The summed E-state index contributed by atoms with van der Waals surface area (Å²) in [5, 5.41) is 24.9. The van der Waals surface area contributed by atoms with Crippen molar-refractivity contribution in [3.8, 4) is 22.8 Å². The third-order valence-electron chi connectivity index (χ3n) is 2.68. The van der Waals surface area contributed by atoms with Crippen molar-refractivity contribution in [2.45, 2.75) is 0 Å². The fraction of sp³-hybridized carbons (Fsp3) is 0. The molecule has 0 saturated heterocycles. The second-order valence-electron chi connectivity index (χ2n) is 3.94. The lowest BCUT2D eigenvalue weighted by atomic mass is 10.2. The fourth-order valence-corrected chi connectivity index (χ4v) is 1.68. The van der Waals surface area contributed by atoms with Gasteiger partial charge in [-0.25, -0.2) is 4.98 Å². The van der Waals surface area contributed by atoms with Gasteiger partial charge in [-0.2, -0.15) is 15.3 Å². The summed E-state index contributed by atoms with van der Waals surface area (Å²) in [5.41, 5.74) is 1.49. The van der Waals surface area contributed by atoms with Crippen molar-refractivity contribution < 1.29 is 4.92 Å². The minimum Gasteiger partial charge on any atom is -0.259 e. The van der Waals surface area contributed by atoms with Gasteiger partial charge < -0.3 is 0 Å². The third kappa shape index (κ3) is 2.21. The first kappa shape index (κ1) is 11.9. The number of benzene rings is 1. The summed E-state index contributed by atoms with van der Waals surface area (Å²) in [5.74, 6) is 1.03. The molecule has 0 spiro atoms. The van der Waals surface area contributed by atoms with E-state index in [9.17, 15) is 10.1 Å². The minimum atomic E-state index is -0.446. The Balaban J connectivity index is 1.92. The van der Waals surface area contributed by atoms with Crippen molar-refractivity contribution in [1.29, 1.82) is 0 Å². The number of H-pyrrole nitrogens is 1. The fourth-order valence-electron chi connectivity index (χ4n) is 1.68. The summed E-state index contributed by atoms with van der Waals surface area (Å²) < 4.78 is 0. The Morgan fingerprint density at radius 2 is 1.85 bits per heavy atom. The Morgan fingerprint density at radius 3 is 2.50 bits per heavy atom. The van der Waals surface area contributed by atoms with Gasteiger partial charge in [-0.05, 0) is 18.2 Å². The van der Waals surface area contributed by atoms with Crippen molar-refractivity contribution in [3.05, 3.63) is 52.8 Å². The van der Waals surface area contributed by atoms with Crippen LogP contribution < -0.4 is 0 Å². The summed E-state index contributed by atoms with van der Waals surface area (Å²) in [4.78, 5) is 14.5. The molecule has 1 N–H and O–H groups in total. The highest BCUT2D eigenvalue weighted by Gasteiger charge is 2.10. The molecule has 0 bridgehead atoms. The van der Waals surface area contributed by atoms with Crippen LogP contribution in [0.4, 0.5) is 5.69 Å². The molecular formula is C12H8N6O2. The monoisotopic (exact) mass is 268 g/mol. The van der Waals surface area contributed by atoms with E-state index in [1.165, 1.54) is 12.1 Å². The summed E-state index contributed by atoms with van der Waals surface area (Å²) >= 11 is 0. The molecule has 0 amide bonds. The smallest absolute Gasteiger partial charge is 0.259 e. The highest BCUT2D eigenvalue weighted by molar-refractivity contribution is 5.61. The Bertz CT molecular complexity index is 738. The summed E-state index contributed by atoms with van der Waals surface area (Å²) in [6, 6.07) is 7.83. The average Bonchev–Trinajstić information content (AvgIpc) is 2.98. The largest absolute Gasteiger partial charge is 0.269 e. The van der Waals surface area contributed by atoms with Crippen LogP contribution >= 0.6 is 0 Å². The second-order valence-corrected chi connectivity index (χ2v) is 3.94. The topological polar surface area (TPSA) is 110 Å². The molecule has 0 aliphatic rings. The molecule has 1 aromatic carbocycles. The van der Waals surface area contributed by atoms with Gasteiger partial charge in [0.1, 0.15) is 0 Å². The molecule has 2 aromatic heterocycles. The highest BCUT2D eigenvalue weighted by atomic mass is 16.6. The Labute approximate surface area is 112 Å². The van der Waals surface area contributed by atoms with Gasteiger partial charge in [0, 0.05) is 23.3 Å². The van der Waals surface area contributed by atoms with E-state index < -0.39 is 4.92 Å². The number of nitrogens with zero attached hydrogens (tertiary/aromatic N) is 5. The summed E-state index contributed by atoms with van der Waals surface area (Å²) in [7, 11) is 0. The number of rotatable bonds is 3. The summed E-state index contributed by atoms with van der Waals surface area (Å²) in [6.07, 6.45) is 3.11. The van der Waals surface area contributed by atoms with E-state index in [2.05, 4.69) is 25.4 Å². The highest BCUT2D eigenvalue weighted by Crippen LogP contribution is 2.21.